The van der Waals surface area contributed by atoms with E-state index in [1.165, 1.54) is 5.56 Å². The fourth-order valence-electron chi connectivity index (χ4n) is 1.51. The van der Waals surface area contributed by atoms with Gasteiger partial charge in [0.15, 0.2) is 0 Å². The van der Waals surface area contributed by atoms with E-state index in [1.807, 2.05) is 19.2 Å². The normalized spacial score (nSPS) is 12.7. The lowest BCUT2D eigenvalue weighted by atomic mass is 10.0. The summed E-state index contributed by atoms with van der Waals surface area (Å²) in [5.41, 5.74) is 1.30. The average Bonchev–Trinajstić information content (AvgIpc) is 2.27. The second-order valence-corrected chi connectivity index (χ2v) is 4.03. The zero-order valence-electron chi connectivity index (χ0n) is 9.29. The van der Waals surface area contributed by atoms with Crippen molar-refractivity contribution in [3.8, 4) is 0 Å². The first kappa shape index (κ1) is 12.5. The standard InChI is InChI=1S/C12H18ClNO/c1-14-12(7-8-15-2)9-10-3-5-11(13)6-4-10/h3-6,12,14H,7-9H2,1-2H3. The van der Waals surface area contributed by atoms with E-state index in [4.69, 9.17) is 16.3 Å². The predicted octanol–water partition coefficient (Wildman–Crippen LogP) is 2.51. The van der Waals surface area contributed by atoms with Crippen LogP contribution in [0.1, 0.15) is 12.0 Å². The monoisotopic (exact) mass is 227 g/mol. The second-order valence-electron chi connectivity index (χ2n) is 3.60. The molecule has 1 aromatic carbocycles. The average molecular weight is 228 g/mol. The quantitative estimate of drug-likeness (QED) is 0.807. The number of hydrogen-bond acceptors (Lipinski definition) is 2. The van der Waals surface area contributed by atoms with Crippen molar-refractivity contribution in [3.05, 3.63) is 34.9 Å². The van der Waals surface area contributed by atoms with Crippen LogP contribution in [0.2, 0.25) is 5.02 Å². The minimum Gasteiger partial charge on any atom is -0.385 e. The van der Waals surface area contributed by atoms with E-state index in [9.17, 15) is 0 Å². The van der Waals surface area contributed by atoms with Crippen molar-refractivity contribution in [2.45, 2.75) is 18.9 Å². The third-order valence-corrected chi connectivity index (χ3v) is 2.73. The van der Waals surface area contributed by atoms with Crippen LogP contribution in [0.3, 0.4) is 0 Å². The highest BCUT2D eigenvalue weighted by Gasteiger charge is 2.06. The van der Waals surface area contributed by atoms with Gasteiger partial charge in [-0.05, 0) is 37.6 Å². The molecule has 1 rings (SSSR count). The van der Waals surface area contributed by atoms with Crippen LogP contribution >= 0.6 is 11.6 Å². The van der Waals surface area contributed by atoms with Gasteiger partial charge < -0.3 is 10.1 Å². The Morgan fingerprint density at radius 1 is 1.33 bits per heavy atom. The zero-order valence-corrected chi connectivity index (χ0v) is 10.1. The highest BCUT2D eigenvalue weighted by molar-refractivity contribution is 6.30. The van der Waals surface area contributed by atoms with E-state index in [1.54, 1.807) is 7.11 Å². The second kappa shape index (κ2) is 6.83. The molecule has 1 aromatic rings. The van der Waals surface area contributed by atoms with Gasteiger partial charge in [0.25, 0.3) is 0 Å². The molecule has 1 unspecified atom stereocenters. The molecule has 1 N–H and O–H groups in total. The fourth-order valence-corrected chi connectivity index (χ4v) is 1.64. The van der Waals surface area contributed by atoms with E-state index < -0.39 is 0 Å². The van der Waals surface area contributed by atoms with Gasteiger partial charge in [0, 0.05) is 24.8 Å². The van der Waals surface area contributed by atoms with Gasteiger partial charge in [-0.25, -0.2) is 0 Å². The molecule has 84 valence electrons. The Kier molecular flexibility index (Phi) is 5.69. The molecular weight excluding hydrogens is 210 g/mol. The molecule has 2 nitrogen and oxygen atoms in total. The van der Waals surface area contributed by atoms with Crippen LogP contribution in [0.25, 0.3) is 0 Å². The summed E-state index contributed by atoms with van der Waals surface area (Å²) in [5, 5.41) is 4.08. The molecular formula is C12H18ClNO. The molecule has 3 heteroatoms. The van der Waals surface area contributed by atoms with Crippen LogP contribution in [-0.4, -0.2) is 26.8 Å². The first-order chi connectivity index (χ1) is 7.26. The number of hydrogen-bond donors (Lipinski definition) is 1. The molecule has 0 saturated heterocycles. The van der Waals surface area contributed by atoms with Crippen molar-refractivity contribution in [2.24, 2.45) is 0 Å². The maximum atomic E-state index is 5.83. The van der Waals surface area contributed by atoms with Gasteiger partial charge in [-0.3, -0.25) is 0 Å². The van der Waals surface area contributed by atoms with E-state index in [0.29, 0.717) is 6.04 Å². The van der Waals surface area contributed by atoms with Gasteiger partial charge in [-0.15, -0.1) is 0 Å². The summed E-state index contributed by atoms with van der Waals surface area (Å²) >= 11 is 5.83. The van der Waals surface area contributed by atoms with Crippen molar-refractivity contribution < 1.29 is 4.74 Å². The molecule has 0 aliphatic rings. The first-order valence-electron chi connectivity index (χ1n) is 5.17. The smallest absolute Gasteiger partial charge is 0.0477 e. The summed E-state index contributed by atoms with van der Waals surface area (Å²) < 4.78 is 5.07. The van der Waals surface area contributed by atoms with Crippen molar-refractivity contribution >= 4 is 11.6 Å². The minimum atomic E-state index is 0.464. The molecule has 0 amide bonds. The Morgan fingerprint density at radius 2 is 2.00 bits per heavy atom. The molecule has 0 aromatic heterocycles. The lowest BCUT2D eigenvalue weighted by molar-refractivity contribution is 0.184. The molecule has 0 bridgehead atoms. The highest BCUT2D eigenvalue weighted by Crippen LogP contribution is 2.11. The van der Waals surface area contributed by atoms with E-state index in [-0.39, 0.29) is 0 Å². The van der Waals surface area contributed by atoms with Gasteiger partial charge in [-0.1, -0.05) is 23.7 Å². The third kappa shape index (κ3) is 4.65. The largest absolute Gasteiger partial charge is 0.385 e. The van der Waals surface area contributed by atoms with E-state index >= 15 is 0 Å². The number of likely N-dealkylation sites (N-methyl/N-ethyl adjacent to an activating group) is 1. The van der Waals surface area contributed by atoms with Gasteiger partial charge in [0.1, 0.15) is 0 Å². The number of rotatable bonds is 6. The predicted molar refractivity (Wildman–Crippen MR) is 64.5 cm³/mol. The molecule has 0 saturated carbocycles. The van der Waals surface area contributed by atoms with Gasteiger partial charge in [0.2, 0.25) is 0 Å². The number of methoxy groups -OCH3 is 1. The summed E-state index contributed by atoms with van der Waals surface area (Å²) in [7, 11) is 3.71. The molecule has 15 heavy (non-hydrogen) atoms. The lowest BCUT2D eigenvalue weighted by Gasteiger charge is -2.15. The Balaban J connectivity index is 2.47. The summed E-state index contributed by atoms with van der Waals surface area (Å²) in [4.78, 5) is 0. The third-order valence-electron chi connectivity index (χ3n) is 2.47. The van der Waals surface area contributed by atoms with Gasteiger partial charge in [0.05, 0.1) is 0 Å². The Bertz CT molecular complexity index is 273. The molecule has 0 aliphatic carbocycles. The summed E-state index contributed by atoms with van der Waals surface area (Å²) in [6.45, 7) is 0.791. The number of halogens is 1. The summed E-state index contributed by atoms with van der Waals surface area (Å²) in [5.74, 6) is 0. The van der Waals surface area contributed by atoms with Crippen LogP contribution in [0.4, 0.5) is 0 Å². The molecule has 0 radical (unpaired) electrons. The van der Waals surface area contributed by atoms with Crippen LogP contribution in [-0.2, 0) is 11.2 Å². The first-order valence-corrected chi connectivity index (χ1v) is 5.54. The highest BCUT2D eigenvalue weighted by atomic mass is 35.5. The van der Waals surface area contributed by atoms with Crippen LogP contribution < -0.4 is 5.32 Å². The zero-order chi connectivity index (χ0) is 11.1. The van der Waals surface area contributed by atoms with Crippen molar-refractivity contribution in [1.29, 1.82) is 0 Å². The molecule has 1 atom stereocenters. The van der Waals surface area contributed by atoms with Crippen molar-refractivity contribution in [2.75, 3.05) is 20.8 Å². The molecule has 0 aliphatic heterocycles. The van der Waals surface area contributed by atoms with Crippen LogP contribution in [0, 0.1) is 0 Å². The number of nitrogens with one attached hydrogen (secondary N) is 1. The minimum absolute atomic E-state index is 0.464. The van der Waals surface area contributed by atoms with Crippen molar-refractivity contribution in [1.82, 2.24) is 5.32 Å². The lowest BCUT2D eigenvalue weighted by Crippen LogP contribution is -2.28. The van der Waals surface area contributed by atoms with E-state index in [0.717, 1.165) is 24.5 Å². The fraction of sp³-hybridized carbons (Fsp3) is 0.500. The Morgan fingerprint density at radius 3 is 2.53 bits per heavy atom. The van der Waals surface area contributed by atoms with Gasteiger partial charge in [-0.2, -0.15) is 0 Å². The topological polar surface area (TPSA) is 21.3 Å². The van der Waals surface area contributed by atoms with E-state index in [2.05, 4.69) is 17.4 Å². The maximum absolute atomic E-state index is 5.83. The van der Waals surface area contributed by atoms with Gasteiger partial charge >= 0.3 is 0 Å². The number of benzene rings is 1. The molecule has 0 spiro atoms. The summed E-state index contributed by atoms with van der Waals surface area (Å²) in [6.07, 6.45) is 2.03. The maximum Gasteiger partial charge on any atom is 0.0477 e. The van der Waals surface area contributed by atoms with Crippen LogP contribution in [0.15, 0.2) is 24.3 Å². The molecule has 0 heterocycles. The van der Waals surface area contributed by atoms with Crippen LogP contribution in [0.5, 0.6) is 0 Å². The Hall–Kier alpha value is -0.570. The summed E-state index contributed by atoms with van der Waals surface area (Å²) in [6, 6.07) is 8.46. The number of ether oxygens (including phenoxy) is 1. The Labute approximate surface area is 96.6 Å². The SMILES string of the molecule is CNC(CCOC)Cc1ccc(Cl)cc1. The van der Waals surface area contributed by atoms with Crippen molar-refractivity contribution in [3.63, 3.8) is 0 Å². The molecule has 0 fully saturated rings.